The van der Waals surface area contributed by atoms with Gasteiger partial charge in [0.25, 0.3) is 5.91 Å². The van der Waals surface area contributed by atoms with E-state index in [4.69, 9.17) is 14.6 Å². The molecule has 150 valence electrons. The van der Waals surface area contributed by atoms with Crippen molar-refractivity contribution in [2.24, 2.45) is 0 Å². The van der Waals surface area contributed by atoms with E-state index >= 15 is 0 Å². The molecule has 0 spiro atoms. The number of rotatable bonds is 8. The van der Waals surface area contributed by atoms with E-state index in [0.717, 1.165) is 5.56 Å². The van der Waals surface area contributed by atoms with Crippen LogP contribution in [-0.2, 0) is 9.59 Å². The standard InChI is InChI=1S/C21H19BrN2O5/c1-3-28-18-10-14(9-17(22)20(18)29-12-19(25)26)8-15(11-23)21(27)24-16-6-4-5-13(2)7-16/h4-10H,3,12H2,1-2H3,(H,24,27)(H,25,26)/b15-8+. The maximum Gasteiger partial charge on any atom is 0.341 e. The van der Waals surface area contributed by atoms with Crippen molar-refractivity contribution in [3.8, 4) is 17.6 Å². The van der Waals surface area contributed by atoms with E-state index in [-0.39, 0.29) is 11.3 Å². The Labute approximate surface area is 176 Å². The summed E-state index contributed by atoms with van der Waals surface area (Å²) in [6, 6.07) is 12.3. The van der Waals surface area contributed by atoms with Crippen molar-refractivity contribution in [3.63, 3.8) is 0 Å². The summed E-state index contributed by atoms with van der Waals surface area (Å²) in [6.45, 7) is 3.46. The number of nitrogens with zero attached hydrogens (tertiary/aromatic N) is 1. The number of carboxylic acid groups (broad SMARTS) is 1. The van der Waals surface area contributed by atoms with Gasteiger partial charge in [-0.1, -0.05) is 12.1 Å². The van der Waals surface area contributed by atoms with Crippen LogP contribution in [0.4, 0.5) is 5.69 Å². The lowest BCUT2D eigenvalue weighted by Crippen LogP contribution is -2.13. The van der Waals surface area contributed by atoms with Gasteiger partial charge in [0.1, 0.15) is 11.6 Å². The highest BCUT2D eigenvalue weighted by Gasteiger charge is 2.15. The molecule has 29 heavy (non-hydrogen) atoms. The Morgan fingerprint density at radius 2 is 2.03 bits per heavy atom. The Hall–Kier alpha value is -3.31. The molecule has 2 N–H and O–H groups in total. The number of benzene rings is 2. The number of nitrogens with one attached hydrogen (secondary N) is 1. The Morgan fingerprint density at radius 1 is 1.28 bits per heavy atom. The van der Waals surface area contributed by atoms with E-state index in [1.54, 1.807) is 31.2 Å². The summed E-state index contributed by atoms with van der Waals surface area (Å²) in [7, 11) is 0. The molecule has 0 heterocycles. The molecule has 7 nitrogen and oxygen atoms in total. The van der Waals surface area contributed by atoms with Crippen LogP contribution in [0.25, 0.3) is 6.08 Å². The van der Waals surface area contributed by atoms with Gasteiger partial charge in [-0.05, 0) is 71.2 Å². The molecule has 0 radical (unpaired) electrons. The van der Waals surface area contributed by atoms with Crippen molar-refractivity contribution < 1.29 is 24.2 Å². The van der Waals surface area contributed by atoms with Gasteiger partial charge in [-0.15, -0.1) is 0 Å². The van der Waals surface area contributed by atoms with Gasteiger partial charge in [-0.2, -0.15) is 5.26 Å². The van der Waals surface area contributed by atoms with Gasteiger partial charge in [-0.25, -0.2) is 4.79 Å². The highest BCUT2D eigenvalue weighted by Crippen LogP contribution is 2.37. The minimum Gasteiger partial charge on any atom is -0.490 e. The second-order valence-electron chi connectivity index (χ2n) is 5.94. The molecule has 0 bridgehead atoms. The summed E-state index contributed by atoms with van der Waals surface area (Å²) in [5.74, 6) is -1.14. The number of hydrogen-bond acceptors (Lipinski definition) is 5. The molecule has 0 saturated heterocycles. The molecule has 0 unspecified atom stereocenters. The zero-order valence-corrected chi connectivity index (χ0v) is 17.4. The van der Waals surface area contributed by atoms with Crippen molar-refractivity contribution >= 4 is 39.6 Å². The van der Waals surface area contributed by atoms with Crippen LogP contribution in [0, 0.1) is 18.3 Å². The van der Waals surface area contributed by atoms with Crippen LogP contribution < -0.4 is 14.8 Å². The van der Waals surface area contributed by atoms with Gasteiger partial charge in [0.05, 0.1) is 11.1 Å². The number of ether oxygens (including phenoxy) is 2. The van der Waals surface area contributed by atoms with Gasteiger partial charge in [0.15, 0.2) is 18.1 Å². The lowest BCUT2D eigenvalue weighted by atomic mass is 10.1. The van der Waals surface area contributed by atoms with Crippen LogP contribution in [0.15, 0.2) is 46.4 Å². The smallest absolute Gasteiger partial charge is 0.341 e. The number of carbonyl (C=O) groups excluding carboxylic acids is 1. The molecule has 0 saturated carbocycles. The first-order chi connectivity index (χ1) is 13.8. The number of amides is 1. The van der Waals surface area contributed by atoms with Crippen molar-refractivity contribution in [1.82, 2.24) is 0 Å². The van der Waals surface area contributed by atoms with Crippen molar-refractivity contribution in [1.29, 1.82) is 5.26 Å². The zero-order valence-electron chi connectivity index (χ0n) is 15.9. The summed E-state index contributed by atoms with van der Waals surface area (Å²) in [5, 5.41) is 20.9. The fourth-order valence-corrected chi connectivity index (χ4v) is 3.02. The van der Waals surface area contributed by atoms with E-state index in [2.05, 4.69) is 21.2 Å². The summed E-state index contributed by atoms with van der Waals surface area (Å²) in [4.78, 5) is 23.2. The zero-order chi connectivity index (χ0) is 21.4. The summed E-state index contributed by atoms with van der Waals surface area (Å²) in [5.41, 5.74) is 1.98. The van der Waals surface area contributed by atoms with Crippen molar-refractivity contribution in [2.75, 3.05) is 18.5 Å². The number of halogens is 1. The monoisotopic (exact) mass is 458 g/mol. The van der Waals surface area contributed by atoms with Gasteiger partial charge in [0.2, 0.25) is 0 Å². The first-order valence-corrected chi connectivity index (χ1v) is 9.44. The first-order valence-electron chi connectivity index (χ1n) is 8.64. The van der Waals surface area contributed by atoms with Crippen LogP contribution in [0.1, 0.15) is 18.1 Å². The number of nitriles is 1. The Bertz CT molecular complexity index is 995. The fraction of sp³-hybridized carbons (Fsp3) is 0.190. The number of hydrogen-bond donors (Lipinski definition) is 2. The average Bonchev–Trinajstić information content (AvgIpc) is 2.65. The van der Waals surface area contributed by atoms with Gasteiger partial charge >= 0.3 is 5.97 Å². The molecule has 0 fully saturated rings. The molecule has 1 amide bonds. The molecular weight excluding hydrogens is 440 g/mol. The SMILES string of the molecule is CCOc1cc(/C=C(\C#N)C(=O)Nc2cccc(C)c2)cc(Br)c1OCC(=O)O. The first kappa shape index (κ1) is 22.0. The maximum absolute atomic E-state index is 12.5. The van der Waals surface area contributed by atoms with E-state index in [1.165, 1.54) is 6.08 Å². The molecule has 0 atom stereocenters. The lowest BCUT2D eigenvalue weighted by Gasteiger charge is -2.13. The van der Waals surface area contributed by atoms with Crippen LogP contribution in [-0.4, -0.2) is 30.2 Å². The third-order valence-corrected chi connectivity index (χ3v) is 4.21. The predicted octanol–water partition coefficient (Wildman–Crippen LogP) is 4.17. The summed E-state index contributed by atoms with van der Waals surface area (Å²) in [6.07, 6.45) is 1.42. The van der Waals surface area contributed by atoms with Crippen LogP contribution in [0.5, 0.6) is 11.5 Å². The third kappa shape index (κ3) is 6.36. The number of aliphatic carboxylic acids is 1. The highest BCUT2D eigenvalue weighted by atomic mass is 79.9. The summed E-state index contributed by atoms with van der Waals surface area (Å²) >= 11 is 3.32. The molecule has 2 aromatic carbocycles. The van der Waals surface area contributed by atoms with E-state index in [1.807, 2.05) is 25.1 Å². The number of aryl methyl sites for hydroxylation is 1. The minimum absolute atomic E-state index is 0.0972. The largest absolute Gasteiger partial charge is 0.490 e. The van der Waals surface area contributed by atoms with Gasteiger partial charge < -0.3 is 19.9 Å². The Balaban J connectivity index is 2.33. The Kier molecular flexibility index (Phi) is 7.80. The molecule has 0 aliphatic rings. The molecule has 8 heteroatoms. The predicted molar refractivity (Wildman–Crippen MR) is 112 cm³/mol. The second kappa shape index (κ2) is 10.3. The minimum atomic E-state index is -1.12. The summed E-state index contributed by atoms with van der Waals surface area (Å²) < 4.78 is 11.2. The van der Waals surface area contributed by atoms with Crippen LogP contribution in [0.3, 0.4) is 0 Å². The number of carboxylic acids is 1. The van der Waals surface area contributed by atoms with Crippen LogP contribution in [0.2, 0.25) is 0 Å². The van der Waals surface area contributed by atoms with Crippen molar-refractivity contribution in [2.45, 2.75) is 13.8 Å². The fourth-order valence-electron chi connectivity index (χ4n) is 2.44. The van der Waals surface area contributed by atoms with Crippen molar-refractivity contribution in [3.05, 3.63) is 57.6 Å². The third-order valence-electron chi connectivity index (χ3n) is 3.62. The lowest BCUT2D eigenvalue weighted by molar-refractivity contribution is -0.139. The van der Waals surface area contributed by atoms with Crippen LogP contribution >= 0.6 is 15.9 Å². The maximum atomic E-state index is 12.5. The van der Waals surface area contributed by atoms with E-state index in [9.17, 15) is 14.9 Å². The molecule has 2 aromatic rings. The molecule has 2 rings (SSSR count). The average molecular weight is 459 g/mol. The van der Waals surface area contributed by atoms with E-state index in [0.29, 0.717) is 28.1 Å². The molecule has 0 aliphatic heterocycles. The van der Waals surface area contributed by atoms with E-state index < -0.39 is 18.5 Å². The highest BCUT2D eigenvalue weighted by molar-refractivity contribution is 9.10. The topological polar surface area (TPSA) is 109 Å². The van der Waals surface area contributed by atoms with Gasteiger partial charge in [0, 0.05) is 5.69 Å². The molecule has 0 aromatic heterocycles. The Morgan fingerprint density at radius 3 is 2.66 bits per heavy atom. The quantitative estimate of drug-likeness (QED) is 0.453. The normalized spacial score (nSPS) is 10.8. The van der Waals surface area contributed by atoms with Gasteiger partial charge in [-0.3, -0.25) is 4.79 Å². The number of anilines is 1. The number of carbonyl (C=O) groups is 2. The second-order valence-corrected chi connectivity index (χ2v) is 6.79. The molecular formula is C21H19BrN2O5. The molecule has 0 aliphatic carbocycles.